The van der Waals surface area contributed by atoms with Gasteiger partial charge in [0.2, 0.25) is 5.91 Å². The van der Waals surface area contributed by atoms with E-state index in [9.17, 15) is 4.79 Å². The molecule has 1 fully saturated rings. The van der Waals surface area contributed by atoms with Crippen LogP contribution in [0.2, 0.25) is 10.0 Å². The van der Waals surface area contributed by atoms with Crippen LogP contribution in [0.25, 0.3) is 0 Å². The molecule has 0 heterocycles. The molecule has 3 nitrogen and oxygen atoms in total. The van der Waals surface area contributed by atoms with Gasteiger partial charge < -0.3 is 11.1 Å². The van der Waals surface area contributed by atoms with Crippen LogP contribution in [-0.2, 0) is 4.79 Å². The Morgan fingerprint density at radius 1 is 1.29 bits per heavy atom. The van der Waals surface area contributed by atoms with Crippen molar-refractivity contribution in [1.29, 1.82) is 0 Å². The first-order chi connectivity index (χ1) is 10.0. The van der Waals surface area contributed by atoms with Crippen molar-refractivity contribution >= 4 is 29.1 Å². The van der Waals surface area contributed by atoms with E-state index in [0.29, 0.717) is 16.0 Å². The zero-order chi connectivity index (χ0) is 15.4. The summed E-state index contributed by atoms with van der Waals surface area (Å²) in [5, 5.41) is 4.11. The van der Waals surface area contributed by atoms with Crippen LogP contribution < -0.4 is 11.1 Å². The van der Waals surface area contributed by atoms with Gasteiger partial charge in [0, 0.05) is 5.92 Å². The number of amides is 1. The molecular weight excluding hydrogens is 307 g/mol. The summed E-state index contributed by atoms with van der Waals surface area (Å²) in [7, 11) is 0. The SMILES string of the molecule is CC(NC(=O)C1CCC(CN)CC1)c1ccc(Cl)c(Cl)c1. The van der Waals surface area contributed by atoms with Gasteiger partial charge in [-0.25, -0.2) is 0 Å². The molecule has 1 aliphatic carbocycles. The highest BCUT2D eigenvalue weighted by atomic mass is 35.5. The Bertz CT molecular complexity index is 499. The smallest absolute Gasteiger partial charge is 0.223 e. The largest absolute Gasteiger partial charge is 0.349 e. The van der Waals surface area contributed by atoms with Crippen LogP contribution in [-0.4, -0.2) is 12.5 Å². The third-order valence-electron chi connectivity index (χ3n) is 4.35. The van der Waals surface area contributed by atoms with E-state index < -0.39 is 0 Å². The molecule has 0 aromatic heterocycles. The lowest BCUT2D eigenvalue weighted by molar-refractivity contribution is -0.126. The fourth-order valence-electron chi connectivity index (χ4n) is 2.86. The van der Waals surface area contributed by atoms with Gasteiger partial charge >= 0.3 is 0 Å². The minimum absolute atomic E-state index is 0.0699. The highest BCUT2D eigenvalue weighted by molar-refractivity contribution is 6.42. The molecule has 5 heteroatoms. The number of nitrogens with one attached hydrogen (secondary N) is 1. The molecule has 21 heavy (non-hydrogen) atoms. The van der Waals surface area contributed by atoms with Crippen molar-refractivity contribution in [2.24, 2.45) is 17.6 Å². The molecule has 1 saturated carbocycles. The van der Waals surface area contributed by atoms with Gasteiger partial charge in [-0.15, -0.1) is 0 Å². The number of carbonyl (C=O) groups excluding carboxylic acids is 1. The van der Waals surface area contributed by atoms with Crippen LogP contribution in [0.15, 0.2) is 18.2 Å². The van der Waals surface area contributed by atoms with Crippen molar-refractivity contribution in [2.75, 3.05) is 6.54 Å². The molecule has 1 atom stereocenters. The third kappa shape index (κ3) is 4.35. The van der Waals surface area contributed by atoms with Gasteiger partial charge in [0.1, 0.15) is 0 Å². The average Bonchev–Trinajstić information content (AvgIpc) is 2.50. The van der Waals surface area contributed by atoms with Gasteiger partial charge in [-0.1, -0.05) is 29.3 Å². The zero-order valence-corrected chi connectivity index (χ0v) is 13.8. The first-order valence-corrected chi connectivity index (χ1v) is 8.22. The number of hydrogen-bond donors (Lipinski definition) is 2. The van der Waals surface area contributed by atoms with Crippen LogP contribution in [0.5, 0.6) is 0 Å². The molecule has 0 radical (unpaired) electrons. The summed E-state index contributed by atoms with van der Waals surface area (Å²) in [5.41, 5.74) is 6.65. The van der Waals surface area contributed by atoms with E-state index in [-0.39, 0.29) is 17.9 Å². The lowest BCUT2D eigenvalue weighted by Gasteiger charge is -2.28. The maximum absolute atomic E-state index is 12.3. The van der Waals surface area contributed by atoms with Crippen molar-refractivity contribution < 1.29 is 4.79 Å². The Morgan fingerprint density at radius 3 is 2.52 bits per heavy atom. The molecule has 0 bridgehead atoms. The average molecular weight is 329 g/mol. The fourth-order valence-corrected chi connectivity index (χ4v) is 3.16. The Morgan fingerprint density at radius 2 is 1.95 bits per heavy atom. The van der Waals surface area contributed by atoms with E-state index in [2.05, 4.69) is 5.32 Å². The summed E-state index contributed by atoms with van der Waals surface area (Å²) < 4.78 is 0. The topological polar surface area (TPSA) is 55.1 Å². The predicted octanol–water partition coefficient (Wildman–Crippen LogP) is 3.94. The van der Waals surface area contributed by atoms with Crippen LogP contribution in [0.3, 0.4) is 0 Å². The molecule has 1 aliphatic rings. The highest BCUT2D eigenvalue weighted by Gasteiger charge is 2.26. The summed E-state index contributed by atoms with van der Waals surface area (Å²) in [6, 6.07) is 5.39. The first kappa shape index (κ1) is 16.6. The van der Waals surface area contributed by atoms with Crippen molar-refractivity contribution in [3.63, 3.8) is 0 Å². The van der Waals surface area contributed by atoms with Gasteiger partial charge in [0.25, 0.3) is 0 Å². The van der Waals surface area contributed by atoms with Crippen molar-refractivity contribution in [3.8, 4) is 0 Å². The maximum Gasteiger partial charge on any atom is 0.223 e. The standard InChI is InChI=1S/C16H22Cl2N2O/c1-10(13-6-7-14(17)15(18)8-13)20-16(21)12-4-2-11(9-19)3-5-12/h6-8,10-12H,2-5,9,19H2,1H3,(H,20,21). The summed E-state index contributed by atoms with van der Waals surface area (Å²) in [6.07, 6.45) is 3.97. The molecule has 3 N–H and O–H groups in total. The minimum atomic E-state index is -0.0699. The third-order valence-corrected chi connectivity index (χ3v) is 5.09. The maximum atomic E-state index is 12.3. The molecule has 1 aromatic carbocycles. The van der Waals surface area contributed by atoms with Crippen molar-refractivity contribution in [1.82, 2.24) is 5.32 Å². The second kappa shape index (κ2) is 7.48. The molecule has 1 aromatic rings. The molecular formula is C16H22Cl2N2O. The van der Waals surface area contributed by atoms with Gasteiger partial charge in [0.05, 0.1) is 16.1 Å². The van der Waals surface area contributed by atoms with Crippen LogP contribution in [0.1, 0.15) is 44.2 Å². The lowest BCUT2D eigenvalue weighted by Crippen LogP contribution is -2.35. The van der Waals surface area contributed by atoms with Crippen LogP contribution in [0.4, 0.5) is 0 Å². The van der Waals surface area contributed by atoms with Crippen molar-refractivity contribution in [2.45, 2.75) is 38.6 Å². The summed E-state index contributed by atoms with van der Waals surface area (Å²) >= 11 is 11.9. The van der Waals surface area contributed by atoms with E-state index in [1.165, 1.54) is 0 Å². The normalized spacial score (nSPS) is 23.6. The van der Waals surface area contributed by atoms with Crippen LogP contribution in [0, 0.1) is 11.8 Å². The molecule has 0 saturated heterocycles. The Balaban J connectivity index is 1.91. The molecule has 0 spiro atoms. The predicted molar refractivity (Wildman–Crippen MR) is 87.5 cm³/mol. The zero-order valence-electron chi connectivity index (χ0n) is 12.2. The van der Waals surface area contributed by atoms with Gasteiger partial charge in [-0.2, -0.15) is 0 Å². The summed E-state index contributed by atoms with van der Waals surface area (Å²) in [4.78, 5) is 12.3. The van der Waals surface area contributed by atoms with E-state index in [4.69, 9.17) is 28.9 Å². The number of halogens is 2. The van der Waals surface area contributed by atoms with Crippen LogP contribution >= 0.6 is 23.2 Å². The number of hydrogen-bond acceptors (Lipinski definition) is 2. The molecule has 0 aliphatic heterocycles. The number of rotatable bonds is 4. The monoisotopic (exact) mass is 328 g/mol. The second-order valence-electron chi connectivity index (χ2n) is 5.86. The Hall–Kier alpha value is -0.770. The van der Waals surface area contributed by atoms with Gasteiger partial charge in [-0.3, -0.25) is 4.79 Å². The Kier molecular flexibility index (Phi) is 5.91. The van der Waals surface area contributed by atoms with Crippen molar-refractivity contribution in [3.05, 3.63) is 33.8 Å². The van der Waals surface area contributed by atoms with E-state index >= 15 is 0 Å². The quantitative estimate of drug-likeness (QED) is 0.879. The number of benzene rings is 1. The number of carbonyl (C=O) groups is 1. The summed E-state index contributed by atoms with van der Waals surface area (Å²) in [6.45, 7) is 2.69. The fraction of sp³-hybridized carbons (Fsp3) is 0.562. The second-order valence-corrected chi connectivity index (χ2v) is 6.67. The Labute approximate surface area is 136 Å². The number of nitrogens with two attached hydrogens (primary N) is 1. The first-order valence-electron chi connectivity index (χ1n) is 7.46. The molecule has 116 valence electrons. The van der Waals surface area contributed by atoms with E-state index in [1.807, 2.05) is 13.0 Å². The lowest BCUT2D eigenvalue weighted by atomic mass is 9.81. The summed E-state index contributed by atoms with van der Waals surface area (Å²) in [5.74, 6) is 0.823. The van der Waals surface area contributed by atoms with Gasteiger partial charge in [-0.05, 0) is 62.8 Å². The van der Waals surface area contributed by atoms with Gasteiger partial charge in [0.15, 0.2) is 0 Å². The molecule has 1 unspecified atom stereocenters. The minimum Gasteiger partial charge on any atom is -0.349 e. The van der Waals surface area contributed by atoms with E-state index in [1.54, 1.807) is 12.1 Å². The highest BCUT2D eigenvalue weighted by Crippen LogP contribution is 2.29. The molecule has 1 amide bonds. The van der Waals surface area contributed by atoms with E-state index in [0.717, 1.165) is 37.8 Å². The molecule has 2 rings (SSSR count).